The predicted octanol–water partition coefficient (Wildman–Crippen LogP) is 4.65. The monoisotopic (exact) mass is 298 g/mol. The van der Waals surface area contributed by atoms with Gasteiger partial charge >= 0.3 is 6.18 Å². The minimum atomic E-state index is -4.33. The predicted molar refractivity (Wildman–Crippen MR) is 72.9 cm³/mol. The van der Waals surface area contributed by atoms with Gasteiger partial charge in [0.05, 0.1) is 11.6 Å². The lowest BCUT2D eigenvalue weighted by molar-refractivity contribution is -0.137. The number of nitrogens with zero attached hydrogens (tertiary/aromatic N) is 1. The van der Waals surface area contributed by atoms with E-state index in [0.717, 1.165) is 31.4 Å². The van der Waals surface area contributed by atoms with Crippen LogP contribution >= 0.6 is 11.3 Å². The molecule has 0 spiro atoms. The number of halogens is 3. The van der Waals surface area contributed by atoms with Crippen molar-refractivity contribution < 1.29 is 13.2 Å². The van der Waals surface area contributed by atoms with Crippen LogP contribution in [0.3, 0.4) is 0 Å². The van der Waals surface area contributed by atoms with Crippen LogP contribution in [0.4, 0.5) is 19.0 Å². The SMILES string of the molecule is FC(F)(F)c1ccnc(NC2CCCc3sccc32)c1. The van der Waals surface area contributed by atoms with Crippen molar-refractivity contribution in [2.75, 3.05) is 5.32 Å². The lowest BCUT2D eigenvalue weighted by Crippen LogP contribution is -2.17. The van der Waals surface area contributed by atoms with E-state index in [1.54, 1.807) is 11.3 Å². The zero-order chi connectivity index (χ0) is 14.2. The Morgan fingerprint density at radius 3 is 2.95 bits per heavy atom. The third kappa shape index (κ3) is 2.65. The fourth-order valence-electron chi connectivity index (χ4n) is 2.50. The van der Waals surface area contributed by atoms with Gasteiger partial charge in [-0.2, -0.15) is 13.2 Å². The molecule has 0 aromatic carbocycles. The van der Waals surface area contributed by atoms with Gasteiger partial charge in [0, 0.05) is 11.1 Å². The highest BCUT2D eigenvalue weighted by molar-refractivity contribution is 7.10. The molecule has 0 fully saturated rings. The van der Waals surface area contributed by atoms with E-state index in [0.29, 0.717) is 0 Å². The van der Waals surface area contributed by atoms with Gasteiger partial charge in [0.2, 0.25) is 0 Å². The number of pyridine rings is 1. The van der Waals surface area contributed by atoms with E-state index in [1.807, 2.05) is 11.4 Å². The summed E-state index contributed by atoms with van der Waals surface area (Å²) in [6.45, 7) is 0. The molecular weight excluding hydrogens is 285 g/mol. The number of hydrogen-bond acceptors (Lipinski definition) is 3. The topological polar surface area (TPSA) is 24.9 Å². The molecule has 2 nitrogen and oxygen atoms in total. The van der Waals surface area contributed by atoms with Crippen LogP contribution in [-0.4, -0.2) is 4.98 Å². The molecule has 0 amide bonds. The Kier molecular flexibility index (Phi) is 3.41. The first-order valence-electron chi connectivity index (χ1n) is 6.40. The van der Waals surface area contributed by atoms with Gasteiger partial charge in [-0.3, -0.25) is 0 Å². The van der Waals surface area contributed by atoms with Crippen LogP contribution in [0, 0.1) is 0 Å². The second-order valence-corrected chi connectivity index (χ2v) is 5.82. The van der Waals surface area contributed by atoms with Crippen LogP contribution in [0.5, 0.6) is 0 Å². The van der Waals surface area contributed by atoms with Crippen molar-refractivity contribution in [3.05, 3.63) is 45.8 Å². The second kappa shape index (κ2) is 5.09. The van der Waals surface area contributed by atoms with Crippen molar-refractivity contribution in [1.82, 2.24) is 4.98 Å². The molecular formula is C14H13F3N2S. The molecule has 1 aliphatic carbocycles. The fourth-order valence-corrected chi connectivity index (χ4v) is 3.49. The molecule has 1 N–H and O–H groups in total. The molecule has 2 heterocycles. The number of alkyl halides is 3. The number of aromatic nitrogens is 1. The van der Waals surface area contributed by atoms with Gasteiger partial charge < -0.3 is 5.32 Å². The first-order valence-corrected chi connectivity index (χ1v) is 7.28. The molecule has 1 aliphatic rings. The first-order chi connectivity index (χ1) is 9.54. The molecule has 1 atom stereocenters. The lowest BCUT2D eigenvalue weighted by atomic mass is 9.94. The number of rotatable bonds is 2. The molecule has 1 unspecified atom stereocenters. The van der Waals surface area contributed by atoms with E-state index >= 15 is 0 Å². The van der Waals surface area contributed by atoms with Crippen molar-refractivity contribution in [1.29, 1.82) is 0 Å². The smallest absolute Gasteiger partial charge is 0.363 e. The Morgan fingerprint density at radius 2 is 2.15 bits per heavy atom. The molecule has 2 aromatic rings. The van der Waals surface area contributed by atoms with E-state index in [-0.39, 0.29) is 11.9 Å². The zero-order valence-corrected chi connectivity index (χ0v) is 11.4. The van der Waals surface area contributed by atoms with Crippen LogP contribution in [0.1, 0.15) is 34.9 Å². The molecule has 20 heavy (non-hydrogen) atoms. The molecule has 106 valence electrons. The first kappa shape index (κ1) is 13.4. The van der Waals surface area contributed by atoms with Crippen molar-refractivity contribution in [3.8, 4) is 0 Å². The fraction of sp³-hybridized carbons (Fsp3) is 0.357. The lowest BCUT2D eigenvalue weighted by Gasteiger charge is -2.24. The van der Waals surface area contributed by atoms with E-state index in [2.05, 4.69) is 10.3 Å². The number of nitrogens with one attached hydrogen (secondary N) is 1. The summed E-state index contributed by atoms with van der Waals surface area (Å²) in [5.74, 6) is 0.281. The quantitative estimate of drug-likeness (QED) is 0.873. The van der Waals surface area contributed by atoms with Gasteiger partial charge in [-0.1, -0.05) is 0 Å². The Balaban J connectivity index is 1.83. The van der Waals surface area contributed by atoms with Crippen LogP contribution in [0.25, 0.3) is 0 Å². The van der Waals surface area contributed by atoms with E-state index in [9.17, 15) is 13.2 Å². The largest absolute Gasteiger partial charge is 0.416 e. The molecule has 0 bridgehead atoms. The minimum absolute atomic E-state index is 0.0565. The van der Waals surface area contributed by atoms with Crippen molar-refractivity contribution in [2.45, 2.75) is 31.5 Å². The Bertz CT molecular complexity index is 606. The second-order valence-electron chi connectivity index (χ2n) is 4.82. The average Bonchev–Trinajstić information content (AvgIpc) is 2.87. The van der Waals surface area contributed by atoms with Gasteiger partial charge in [0.15, 0.2) is 0 Å². The number of thiophene rings is 1. The summed E-state index contributed by atoms with van der Waals surface area (Å²) < 4.78 is 38.0. The summed E-state index contributed by atoms with van der Waals surface area (Å²) in [6, 6.07) is 4.16. The van der Waals surface area contributed by atoms with E-state index < -0.39 is 11.7 Å². The maximum atomic E-state index is 12.7. The van der Waals surface area contributed by atoms with Crippen LogP contribution in [0.2, 0.25) is 0 Å². The summed E-state index contributed by atoms with van der Waals surface area (Å²) >= 11 is 1.71. The van der Waals surface area contributed by atoms with E-state index in [1.165, 1.54) is 16.6 Å². The molecule has 6 heteroatoms. The highest BCUT2D eigenvalue weighted by Crippen LogP contribution is 2.36. The van der Waals surface area contributed by atoms with Crippen LogP contribution in [-0.2, 0) is 12.6 Å². The average molecular weight is 298 g/mol. The summed E-state index contributed by atoms with van der Waals surface area (Å²) in [7, 11) is 0. The molecule has 0 saturated carbocycles. The summed E-state index contributed by atoms with van der Waals surface area (Å²) in [5.41, 5.74) is 0.525. The Hall–Kier alpha value is -1.56. The van der Waals surface area contributed by atoms with Gasteiger partial charge in [-0.15, -0.1) is 11.3 Å². The van der Waals surface area contributed by atoms with Gasteiger partial charge in [-0.05, 0) is 48.4 Å². The Morgan fingerprint density at radius 1 is 1.30 bits per heavy atom. The minimum Gasteiger partial charge on any atom is -0.363 e. The molecule has 2 aromatic heterocycles. The van der Waals surface area contributed by atoms with Crippen LogP contribution in [0.15, 0.2) is 29.8 Å². The highest BCUT2D eigenvalue weighted by atomic mass is 32.1. The molecule has 0 aliphatic heterocycles. The highest BCUT2D eigenvalue weighted by Gasteiger charge is 2.31. The third-order valence-corrected chi connectivity index (χ3v) is 4.46. The summed E-state index contributed by atoms with van der Waals surface area (Å²) in [4.78, 5) is 5.32. The zero-order valence-electron chi connectivity index (χ0n) is 10.6. The number of aryl methyl sites for hydroxylation is 1. The molecule has 3 rings (SSSR count). The molecule has 0 radical (unpaired) electrons. The maximum Gasteiger partial charge on any atom is 0.416 e. The van der Waals surface area contributed by atoms with Gasteiger partial charge in [0.1, 0.15) is 5.82 Å². The number of anilines is 1. The van der Waals surface area contributed by atoms with Crippen molar-refractivity contribution in [2.24, 2.45) is 0 Å². The summed E-state index contributed by atoms with van der Waals surface area (Å²) in [6.07, 6.45) is -0.116. The maximum absolute atomic E-state index is 12.7. The van der Waals surface area contributed by atoms with E-state index in [4.69, 9.17) is 0 Å². The van der Waals surface area contributed by atoms with Gasteiger partial charge in [0.25, 0.3) is 0 Å². The Labute approximate surface area is 118 Å². The van der Waals surface area contributed by atoms with Crippen molar-refractivity contribution in [3.63, 3.8) is 0 Å². The standard InChI is InChI=1S/C14H13F3N2S/c15-14(16,17)9-4-6-18-13(8-9)19-11-2-1-3-12-10(11)5-7-20-12/h4-8,11H,1-3H2,(H,18,19). The summed E-state index contributed by atoms with van der Waals surface area (Å²) in [5, 5.41) is 5.16. The number of hydrogen-bond donors (Lipinski definition) is 1. The third-order valence-electron chi connectivity index (χ3n) is 3.46. The van der Waals surface area contributed by atoms with Crippen LogP contribution < -0.4 is 5.32 Å². The normalized spacial score (nSPS) is 18.6. The molecule has 0 saturated heterocycles. The van der Waals surface area contributed by atoms with Gasteiger partial charge in [-0.25, -0.2) is 4.98 Å². The van der Waals surface area contributed by atoms with Crippen molar-refractivity contribution >= 4 is 17.2 Å². The number of fused-ring (bicyclic) bond motifs is 1.